The molecule has 1 aliphatic rings. The van der Waals surface area contributed by atoms with Gasteiger partial charge < -0.3 is 19.0 Å². The number of fused-ring (bicyclic) bond motifs is 3. The number of carboxylic acids is 1. The van der Waals surface area contributed by atoms with Crippen LogP contribution in [0.1, 0.15) is 10.6 Å². The monoisotopic (exact) mass is 234 g/mol. The molecule has 0 saturated carbocycles. The summed E-state index contributed by atoms with van der Waals surface area (Å²) < 4.78 is 15.4. The highest BCUT2D eigenvalue weighted by molar-refractivity contribution is 5.91. The maximum atomic E-state index is 11.8. The zero-order valence-corrected chi connectivity index (χ0v) is 8.43. The SMILES string of the molecule is O=C(O)c1cc(=O)c2c3c(ccc2o1)OCO3. The molecule has 86 valence electrons. The Morgan fingerprint density at radius 2 is 2.12 bits per heavy atom. The lowest BCUT2D eigenvalue weighted by atomic mass is 10.2. The second kappa shape index (κ2) is 3.24. The molecule has 1 aromatic heterocycles. The maximum absolute atomic E-state index is 11.8. The van der Waals surface area contributed by atoms with Crippen molar-refractivity contribution in [2.45, 2.75) is 0 Å². The van der Waals surface area contributed by atoms with Crippen molar-refractivity contribution in [3.8, 4) is 11.5 Å². The van der Waals surface area contributed by atoms with Gasteiger partial charge in [0.2, 0.25) is 12.6 Å². The van der Waals surface area contributed by atoms with E-state index in [1.807, 2.05) is 0 Å². The van der Waals surface area contributed by atoms with Crippen LogP contribution < -0.4 is 14.9 Å². The third-order valence-corrected chi connectivity index (χ3v) is 2.44. The summed E-state index contributed by atoms with van der Waals surface area (Å²) in [4.78, 5) is 22.5. The van der Waals surface area contributed by atoms with Gasteiger partial charge in [-0.05, 0) is 12.1 Å². The molecule has 0 fully saturated rings. The summed E-state index contributed by atoms with van der Waals surface area (Å²) in [6.07, 6.45) is 0. The molecule has 2 heterocycles. The van der Waals surface area contributed by atoms with Gasteiger partial charge in [-0.25, -0.2) is 4.79 Å². The average Bonchev–Trinajstić information content (AvgIpc) is 2.76. The smallest absolute Gasteiger partial charge is 0.371 e. The highest BCUT2D eigenvalue weighted by Gasteiger charge is 2.21. The van der Waals surface area contributed by atoms with Gasteiger partial charge in [-0.2, -0.15) is 0 Å². The molecule has 2 aromatic rings. The lowest BCUT2D eigenvalue weighted by molar-refractivity contribution is 0.0663. The average molecular weight is 234 g/mol. The summed E-state index contributed by atoms with van der Waals surface area (Å²) in [7, 11) is 0. The summed E-state index contributed by atoms with van der Waals surface area (Å²) in [6.45, 7) is 0.0363. The maximum Gasteiger partial charge on any atom is 0.371 e. The molecule has 6 nitrogen and oxygen atoms in total. The van der Waals surface area contributed by atoms with Gasteiger partial charge in [0, 0.05) is 6.07 Å². The molecule has 0 saturated heterocycles. The molecule has 17 heavy (non-hydrogen) atoms. The largest absolute Gasteiger partial charge is 0.475 e. The zero-order chi connectivity index (χ0) is 12.0. The van der Waals surface area contributed by atoms with Gasteiger partial charge in [-0.15, -0.1) is 0 Å². The van der Waals surface area contributed by atoms with Crippen molar-refractivity contribution in [1.29, 1.82) is 0 Å². The van der Waals surface area contributed by atoms with Gasteiger partial charge in [0.25, 0.3) is 0 Å². The van der Waals surface area contributed by atoms with Crippen LogP contribution in [0.4, 0.5) is 0 Å². The number of hydrogen-bond acceptors (Lipinski definition) is 5. The van der Waals surface area contributed by atoms with Gasteiger partial charge in [0.15, 0.2) is 16.9 Å². The summed E-state index contributed by atoms with van der Waals surface area (Å²) in [5, 5.41) is 8.97. The summed E-state index contributed by atoms with van der Waals surface area (Å²) >= 11 is 0. The van der Waals surface area contributed by atoms with E-state index in [1.54, 1.807) is 6.07 Å². The Hall–Kier alpha value is -2.50. The first-order valence-electron chi connectivity index (χ1n) is 4.76. The third-order valence-electron chi connectivity index (χ3n) is 2.44. The van der Waals surface area contributed by atoms with E-state index in [9.17, 15) is 9.59 Å². The minimum atomic E-state index is -1.29. The topological polar surface area (TPSA) is 86.0 Å². The van der Waals surface area contributed by atoms with Gasteiger partial charge >= 0.3 is 5.97 Å². The van der Waals surface area contributed by atoms with E-state index in [0.717, 1.165) is 6.07 Å². The first-order chi connectivity index (χ1) is 8.16. The molecule has 1 N–H and O–H groups in total. The fourth-order valence-corrected chi connectivity index (χ4v) is 1.72. The van der Waals surface area contributed by atoms with E-state index in [0.29, 0.717) is 11.5 Å². The number of rotatable bonds is 1. The van der Waals surface area contributed by atoms with Crippen LogP contribution in [0.2, 0.25) is 0 Å². The van der Waals surface area contributed by atoms with Crippen LogP contribution in [0, 0.1) is 0 Å². The second-order valence-corrected chi connectivity index (χ2v) is 3.45. The summed E-state index contributed by atoms with van der Waals surface area (Å²) in [5.41, 5.74) is -0.301. The van der Waals surface area contributed by atoms with E-state index in [4.69, 9.17) is 19.0 Å². The van der Waals surface area contributed by atoms with Crippen molar-refractivity contribution in [2.75, 3.05) is 6.79 Å². The van der Waals surface area contributed by atoms with Crippen LogP contribution in [0.15, 0.2) is 27.4 Å². The molecule has 3 rings (SSSR count). The van der Waals surface area contributed by atoms with Crippen molar-refractivity contribution in [1.82, 2.24) is 0 Å². The highest BCUT2D eigenvalue weighted by Crippen LogP contribution is 2.37. The number of carboxylic acid groups (broad SMARTS) is 1. The predicted octanol–water partition coefficient (Wildman–Crippen LogP) is 1.22. The first kappa shape index (κ1) is 9.71. The van der Waals surface area contributed by atoms with E-state index in [1.165, 1.54) is 6.07 Å². The molecule has 6 heteroatoms. The molecule has 0 spiro atoms. The van der Waals surface area contributed by atoms with Crippen LogP contribution in [0.25, 0.3) is 11.0 Å². The normalized spacial score (nSPS) is 12.9. The first-order valence-corrected chi connectivity index (χ1v) is 4.76. The molecule has 0 unspecified atom stereocenters. The molecule has 0 atom stereocenters. The molecule has 1 aromatic carbocycles. The number of ether oxygens (including phenoxy) is 2. The van der Waals surface area contributed by atoms with E-state index in [2.05, 4.69) is 0 Å². The molecule has 1 aliphatic heterocycles. The molecule has 0 amide bonds. The lowest BCUT2D eigenvalue weighted by Crippen LogP contribution is -2.07. The zero-order valence-electron chi connectivity index (χ0n) is 8.43. The number of carbonyl (C=O) groups is 1. The highest BCUT2D eigenvalue weighted by atomic mass is 16.7. The third kappa shape index (κ3) is 1.34. The van der Waals surface area contributed by atoms with E-state index in [-0.39, 0.29) is 17.8 Å². The van der Waals surface area contributed by atoms with Crippen LogP contribution in [-0.4, -0.2) is 17.9 Å². The Morgan fingerprint density at radius 1 is 1.29 bits per heavy atom. The predicted molar refractivity (Wildman–Crippen MR) is 55.6 cm³/mol. The Labute approximate surface area is 94.0 Å². The Balaban J connectivity index is 2.40. The Bertz CT molecular complexity index is 684. The Morgan fingerprint density at radius 3 is 2.88 bits per heavy atom. The van der Waals surface area contributed by atoms with Crippen molar-refractivity contribution < 1.29 is 23.8 Å². The van der Waals surface area contributed by atoms with E-state index >= 15 is 0 Å². The van der Waals surface area contributed by atoms with E-state index < -0.39 is 17.2 Å². The Kier molecular flexibility index (Phi) is 1.85. The molecule has 0 radical (unpaired) electrons. The molecular weight excluding hydrogens is 228 g/mol. The lowest BCUT2D eigenvalue weighted by Gasteiger charge is -2.01. The van der Waals surface area contributed by atoms with Crippen LogP contribution in [0.5, 0.6) is 11.5 Å². The van der Waals surface area contributed by atoms with Gasteiger partial charge in [0.1, 0.15) is 11.0 Å². The van der Waals surface area contributed by atoms with Crippen molar-refractivity contribution >= 4 is 16.9 Å². The fourth-order valence-electron chi connectivity index (χ4n) is 1.72. The number of benzene rings is 1. The summed E-state index contributed by atoms with van der Waals surface area (Å²) in [6, 6.07) is 3.97. The fraction of sp³-hybridized carbons (Fsp3) is 0.0909. The quantitative estimate of drug-likeness (QED) is 0.798. The van der Waals surface area contributed by atoms with Crippen molar-refractivity contribution in [2.24, 2.45) is 0 Å². The number of hydrogen-bond donors (Lipinski definition) is 1. The molecule has 0 bridgehead atoms. The van der Waals surface area contributed by atoms with Gasteiger partial charge in [-0.1, -0.05) is 0 Å². The van der Waals surface area contributed by atoms with Crippen LogP contribution >= 0.6 is 0 Å². The van der Waals surface area contributed by atoms with Crippen molar-refractivity contribution in [3.63, 3.8) is 0 Å². The van der Waals surface area contributed by atoms with Crippen LogP contribution in [0.3, 0.4) is 0 Å². The minimum Gasteiger partial charge on any atom is -0.475 e. The number of aromatic carboxylic acids is 1. The van der Waals surface area contributed by atoms with Crippen LogP contribution in [-0.2, 0) is 0 Å². The van der Waals surface area contributed by atoms with Crippen molar-refractivity contribution in [3.05, 3.63) is 34.2 Å². The van der Waals surface area contributed by atoms with Gasteiger partial charge in [0.05, 0.1) is 0 Å². The molecule has 0 aliphatic carbocycles. The second-order valence-electron chi connectivity index (χ2n) is 3.45. The minimum absolute atomic E-state index is 0.0363. The molecular formula is C11H6O6. The van der Waals surface area contributed by atoms with Gasteiger partial charge in [-0.3, -0.25) is 4.79 Å². The summed E-state index contributed by atoms with van der Waals surface area (Å²) in [5.74, 6) is -0.941. The standard InChI is InChI=1S/C11H6O6/c12-5-3-8(11(13)14)17-6-1-2-7-10(9(5)6)16-4-15-7/h1-3H,4H2,(H,13,14).